The number of sulfonamides is 1. The van der Waals surface area contributed by atoms with Gasteiger partial charge in [0.1, 0.15) is 15.7 Å². The molecule has 1 rings (SSSR count). The number of rotatable bonds is 5. The van der Waals surface area contributed by atoms with Crippen LogP contribution in [0.1, 0.15) is 12.5 Å². The highest BCUT2D eigenvalue weighted by Gasteiger charge is 2.22. The van der Waals surface area contributed by atoms with Gasteiger partial charge in [-0.25, -0.2) is 25.9 Å². The third-order valence-electron chi connectivity index (χ3n) is 2.49. The van der Waals surface area contributed by atoms with Gasteiger partial charge in [-0.1, -0.05) is 0 Å². The fourth-order valence-corrected chi connectivity index (χ4v) is 4.38. The van der Waals surface area contributed by atoms with Crippen LogP contribution in [0.3, 0.4) is 0 Å². The van der Waals surface area contributed by atoms with Crippen molar-refractivity contribution in [2.75, 3.05) is 17.7 Å². The summed E-state index contributed by atoms with van der Waals surface area (Å²) in [5, 5.41) is 0. The lowest BCUT2D eigenvalue weighted by Gasteiger charge is -2.15. The number of hydrogen-bond acceptors (Lipinski definition) is 5. The maximum Gasteiger partial charge on any atom is 0.241 e. The minimum absolute atomic E-state index is 0.170. The van der Waals surface area contributed by atoms with Gasteiger partial charge >= 0.3 is 0 Å². The Kier molecular flexibility index (Phi) is 4.78. The van der Waals surface area contributed by atoms with Crippen LogP contribution in [0.4, 0.5) is 10.1 Å². The van der Waals surface area contributed by atoms with Crippen molar-refractivity contribution in [3.05, 3.63) is 23.5 Å². The summed E-state index contributed by atoms with van der Waals surface area (Å²) >= 11 is 0. The Balaban J connectivity index is 3.09. The second-order valence-corrected chi connectivity index (χ2v) is 8.62. The monoisotopic (exact) mass is 324 g/mol. The molecule has 1 aromatic carbocycles. The Morgan fingerprint density at radius 2 is 1.85 bits per heavy atom. The van der Waals surface area contributed by atoms with Gasteiger partial charge in [0.05, 0.1) is 16.3 Å². The van der Waals surface area contributed by atoms with E-state index in [-0.39, 0.29) is 21.9 Å². The first-order valence-corrected chi connectivity index (χ1v) is 9.22. The number of sulfone groups is 1. The van der Waals surface area contributed by atoms with E-state index in [4.69, 9.17) is 5.73 Å². The molecule has 0 heterocycles. The molecule has 0 aliphatic rings. The van der Waals surface area contributed by atoms with Crippen molar-refractivity contribution < 1.29 is 21.2 Å². The van der Waals surface area contributed by atoms with Crippen molar-refractivity contribution in [3.63, 3.8) is 0 Å². The minimum Gasteiger partial charge on any atom is -0.396 e. The van der Waals surface area contributed by atoms with E-state index in [0.29, 0.717) is 0 Å². The Bertz CT molecular complexity index is 714. The minimum atomic E-state index is -3.96. The SMILES string of the molecule is Cc1cc(F)c(N)cc1S(=O)(=O)NC(C)CS(C)(=O)=O. The summed E-state index contributed by atoms with van der Waals surface area (Å²) in [6.07, 6.45) is 1.01. The van der Waals surface area contributed by atoms with Crippen LogP contribution in [-0.4, -0.2) is 34.9 Å². The van der Waals surface area contributed by atoms with E-state index in [9.17, 15) is 21.2 Å². The van der Waals surface area contributed by atoms with E-state index < -0.39 is 31.7 Å². The predicted octanol–water partition coefficient (Wildman–Crippen LogP) is 0.428. The summed E-state index contributed by atoms with van der Waals surface area (Å²) in [5.74, 6) is -1.03. The number of nitrogens with one attached hydrogen (secondary N) is 1. The summed E-state index contributed by atoms with van der Waals surface area (Å²) in [5.41, 5.74) is 5.26. The van der Waals surface area contributed by atoms with E-state index in [0.717, 1.165) is 18.4 Å². The van der Waals surface area contributed by atoms with Gasteiger partial charge in [-0.15, -0.1) is 0 Å². The highest BCUT2D eigenvalue weighted by atomic mass is 32.2. The Morgan fingerprint density at radius 1 is 1.30 bits per heavy atom. The fraction of sp³-hybridized carbons (Fsp3) is 0.455. The van der Waals surface area contributed by atoms with Gasteiger partial charge in [0.2, 0.25) is 10.0 Å². The molecule has 1 aromatic rings. The van der Waals surface area contributed by atoms with Crippen LogP contribution in [0.15, 0.2) is 17.0 Å². The lowest BCUT2D eigenvalue weighted by molar-refractivity contribution is 0.563. The molecule has 20 heavy (non-hydrogen) atoms. The molecule has 0 aromatic heterocycles. The van der Waals surface area contributed by atoms with Crippen LogP contribution in [-0.2, 0) is 19.9 Å². The van der Waals surface area contributed by atoms with Gasteiger partial charge in [-0.05, 0) is 31.5 Å². The third kappa shape index (κ3) is 4.43. The van der Waals surface area contributed by atoms with Crippen LogP contribution < -0.4 is 10.5 Å². The highest BCUT2D eigenvalue weighted by Crippen LogP contribution is 2.21. The van der Waals surface area contributed by atoms with Crippen LogP contribution in [0.5, 0.6) is 0 Å². The molecule has 0 aliphatic carbocycles. The maximum absolute atomic E-state index is 13.2. The molecule has 0 fully saturated rings. The highest BCUT2D eigenvalue weighted by molar-refractivity contribution is 7.91. The largest absolute Gasteiger partial charge is 0.396 e. The van der Waals surface area contributed by atoms with Crippen molar-refractivity contribution >= 4 is 25.5 Å². The quantitative estimate of drug-likeness (QED) is 0.764. The zero-order valence-electron chi connectivity index (χ0n) is 11.3. The Hall–Kier alpha value is -1.19. The summed E-state index contributed by atoms with van der Waals surface area (Å²) in [6, 6.07) is 1.23. The van der Waals surface area contributed by atoms with Crippen LogP contribution in [0.25, 0.3) is 0 Å². The third-order valence-corrected chi connectivity index (χ3v) is 5.33. The second-order valence-electron chi connectivity index (χ2n) is 4.75. The Morgan fingerprint density at radius 3 is 2.35 bits per heavy atom. The van der Waals surface area contributed by atoms with Gasteiger partial charge < -0.3 is 5.73 Å². The number of aryl methyl sites for hydroxylation is 1. The van der Waals surface area contributed by atoms with Crippen LogP contribution in [0, 0.1) is 12.7 Å². The number of nitrogen functional groups attached to an aromatic ring is 1. The van der Waals surface area contributed by atoms with Gasteiger partial charge in [0, 0.05) is 12.3 Å². The molecule has 0 aliphatic heterocycles. The molecule has 0 amide bonds. The summed E-state index contributed by atoms with van der Waals surface area (Å²) < 4.78 is 62.0. The van der Waals surface area contributed by atoms with E-state index >= 15 is 0 Å². The van der Waals surface area contributed by atoms with E-state index in [1.165, 1.54) is 13.8 Å². The van der Waals surface area contributed by atoms with Crippen LogP contribution >= 0.6 is 0 Å². The van der Waals surface area contributed by atoms with Crippen molar-refractivity contribution in [2.45, 2.75) is 24.8 Å². The van der Waals surface area contributed by atoms with E-state index in [1.807, 2.05) is 0 Å². The lowest BCUT2D eigenvalue weighted by atomic mass is 10.2. The summed E-state index contributed by atoms with van der Waals surface area (Å²) in [6.45, 7) is 2.86. The first kappa shape index (κ1) is 16.9. The average molecular weight is 324 g/mol. The first-order valence-electron chi connectivity index (χ1n) is 5.68. The molecule has 114 valence electrons. The normalized spacial score (nSPS) is 14.2. The van der Waals surface area contributed by atoms with E-state index in [1.54, 1.807) is 0 Å². The number of anilines is 1. The van der Waals surface area contributed by atoms with Crippen LogP contribution in [0.2, 0.25) is 0 Å². The number of halogens is 1. The van der Waals surface area contributed by atoms with Gasteiger partial charge in [0.25, 0.3) is 0 Å². The topological polar surface area (TPSA) is 106 Å². The van der Waals surface area contributed by atoms with E-state index in [2.05, 4.69) is 4.72 Å². The number of nitrogens with two attached hydrogens (primary N) is 1. The molecular weight excluding hydrogens is 307 g/mol. The molecular formula is C11H17FN2O4S2. The van der Waals surface area contributed by atoms with Gasteiger partial charge in [0.15, 0.2) is 0 Å². The zero-order valence-corrected chi connectivity index (χ0v) is 13.0. The van der Waals surface area contributed by atoms with Crippen molar-refractivity contribution in [3.8, 4) is 0 Å². The predicted molar refractivity (Wildman–Crippen MR) is 75.0 cm³/mol. The smallest absolute Gasteiger partial charge is 0.241 e. The molecule has 9 heteroatoms. The lowest BCUT2D eigenvalue weighted by Crippen LogP contribution is -2.37. The molecule has 0 saturated heterocycles. The average Bonchev–Trinajstić information content (AvgIpc) is 2.19. The fourth-order valence-electron chi connectivity index (χ4n) is 1.77. The molecule has 1 unspecified atom stereocenters. The standard InChI is InChI=1S/C11H17FN2O4S2/c1-7-4-9(12)10(13)5-11(7)20(17,18)14-8(2)6-19(3,15)16/h4-5,8,14H,6,13H2,1-3H3. The summed E-state index contributed by atoms with van der Waals surface area (Å²) in [4.78, 5) is -0.170. The molecule has 0 bridgehead atoms. The first-order chi connectivity index (χ1) is 8.92. The molecule has 1 atom stereocenters. The molecule has 0 spiro atoms. The van der Waals surface area contributed by atoms with Crippen molar-refractivity contribution in [1.82, 2.24) is 4.72 Å². The molecule has 3 N–H and O–H groups in total. The number of hydrogen-bond donors (Lipinski definition) is 2. The molecule has 0 radical (unpaired) electrons. The maximum atomic E-state index is 13.2. The molecule has 6 nitrogen and oxygen atoms in total. The van der Waals surface area contributed by atoms with Gasteiger partial charge in [-0.2, -0.15) is 0 Å². The Labute approximate surface area is 118 Å². The zero-order chi connectivity index (χ0) is 15.7. The second kappa shape index (κ2) is 5.66. The summed E-state index contributed by atoms with van der Waals surface area (Å²) in [7, 11) is -7.28. The number of benzene rings is 1. The van der Waals surface area contributed by atoms with Gasteiger partial charge in [-0.3, -0.25) is 0 Å². The molecule has 0 saturated carbocycles. The van der Waals surface area contributed by atoms with Crippen molar-refractivity contribution in [1.29, 1.82) is 0 Å². The van der Waals surface area contributed by atoms with Crippen molar-refractivity contribution in [2.24, 2.45) is 0 Å².